The molecule has 19 heavy (non-hydrogen) atoms. The van der Waals surface area contributed by atoms with Gasteiger partial charge in [0.1, 0.15) is 0 Å². The zero-order chi connectivity index (χ0) is 13.2. The van der Waals surface area contributed by atoms with Crippen molar-refractivity contribution < 1.29 is 0 Å². The van der Waals surface area contributed by atoms with Crippen LogP contribution in [0.3, 0.4) is 0 Å². The van der Waals surface area contributed by atoms with E-state index in [1.807, 2.05) is 6.20 Å². The van der Waals surface area contributed by atoms with Gasteiger partial charge in [0.2, 0.25) is 0 Å². The first-order valence-corrected chi connectivity index (χ1v) is 7.77. The van der Waals surface area contributed by atoms with Crippen LogP contribution >= 0.6 is 11.3 Å². The van der Waals surface area contributed by atoms with Crippen LogP contribution in [0.15, 0.2) is 11.6 Å². The molecule has 1 aliphatic rings. The van der Waals surface area contributed by atoms with Crippen molar-refractivity contribution >= 4 is 11.3 Å². The quantitative estimate of drug-likeness (QED) is 0.936. The summed E-state index contributed by atoms with van der Waals surface area (Å²) in [6.45, 7) is 6.31. The minimum absolute atomic E-state index is 0.471. The fraction of sp³-hybridized carbons (Fsp3) is 0.571. The van der Waals surface area contributed by atoms with Crippen LogP contribution in [0, 0.1) is 13.8 Å². The predicted molar refractivity (Wildman–Crippen MR) is 77.2 cm³/mol. The number of nitrogens with one attached hydrogen (secondary N) is 1. The van der Waals surface area contributed by atoms with E-state index in [1.54, 1.807) is 11.3 Å². The maximum absolute atomic E-state index is 4.59. The van der Waals surface area contributed by atoms with Crippen LogP contribution in [0.1, 0.15) is 47.3 Å². The van der Waals surface area contributed by atoms with E-state index in [0.717, 1.165) is 18.1 Å². The van der Waals surface area contributed by atoms with E-state index in [4.69, 9.17) is 0 Å². The molecule has 3 heterocycles. The fourth-order valence-corrected chi connectivity index (χ4v) is 3.49. The van der Waals surface area contributed by atoms with Crippen LogP contribution in [0.25, 0.3) is 0 Å². The lowest BCUT2D eigenvalue weighted by Crippen LogP contribution is -2.33. The maximum Gasteiger partial charge on any atom is 0.0897 e. The van der Waals surface area contributed by atoms with Crippen molar-refractivity contribution in [3.63, 3.8) is 0 Å². The zero-order valence-electron chi connectivity index (χ0n) is 11.5. The third-order valence-electron chi connectivity index (χ3n) is 3.85. The van der Waals surface area contributed by atoms with Crippen LogP contribution in [0.2, 0.25) is 0 Å². The molecule has 4 nitrogen and oxygen atoms in total. The maximum atomic E-state index is 4.59. The van der Waals surface area contributed by atoms with Gasteiger partial charge >= 0.3 is 0 Å². The molecule has 1 N–H and O–H groups in total. The van der Waals surface area contributed by atoms with E-state index in [-0.39, 0.29) is 0 Å². The number of aromatic nitrogens is 3. The molecule has 0 saturated carbocycles. The summed E-state index contributed by atoms with van der Waals surface area (Å²) in [5, 5.41) is 10.7. The highest BCUT2D eigenvalue weighted by Gasteiger charge is 2.26. The minimum Gasteiger partial charge on any atom is -0.289 e. The molecule has 0 amide bonds. The highest BCUT2D eigenvalue weighted by Crippen LogP contribution is 2.32. The number of piperidine rings is 1. The van der Waals surface area contributed by atoms with Gasteiger partial charge in [-0.2, -0.15) is 5.10 Å². The monoisotopic (exact) mass is 276 g/mol. The highest BCUT2D eigenvalue weighted by atomic mass is 32.1. The van der Waals surface area contributed by atoms with Crippen molar-refractivity contribution in [2.24, 2.45) is 0 Å². The van der Waals surface area contributed by atoms with Crippen LogP contribution in [0.5, 0.6) is 0 Å². The van der Waals surface area contributed by atoms with Gasteiger partial charge < -0.3 is 0 Å². The van der Waals surface area contributed by atoms with Crippen LogP contribution in [-0.4, -0.2) is 26.6 Å². The lowest BCUT2D eigenvalue weighted by Gasteiger charge is -2.35. The van der Waals surface area contributed by atoms with Crippen molar-refractivity contribution in [3.05, 3.63) is 33.5 Å². The molecule has 1 fully saturated rings. The molecular weight excluding hydrogens is 256 g/mol. The van der Waals surface area contributed by atoms with E-state index in [1.165, 1.54) is 36.2 Å². The van der Waals surface area contributed by atoms with Gasteiger partial charge in [-0.1, -0.05) is 6.42 Å². The minimum atomic E-state index is 0.471. The Morgan fingerprint density at radius 3 is 3.00 bits per heavy atom. The summed E-state index contributed by atoms with van der Waals surface area (Å²) >= 11 is 1.74. The Hall–Kier alpha value is -1.20. The zero-order valence-corrected chi connectivity index (χ0v) is 12.3. The SMILES string of the molecule is Cc1nc(CN2CCCC[C@@H]2c2[nH]ncc2C)cs1. The van der Waals surface area contributed by atoms with E-state index in [0.29, 0.717) is 6.04 Å². The largest absolute Gasteiger partial charge is 0.289 e. The fourth-order valence-electron chi connectivity index (χ4n) is 2.89. The Balaban J connectivity index is 1.79. The Kier molecular flexibility index (Phi) is 3.66. The normalized spacial score (nSPS) is 20.8. The molecule has 1 atom stereocenters. The molecule has 2 aromatic rings. The molecule has 2 aromatic heterocycles. The average Bonchev–Trinajstić information content (AvgIpc) is 2.99. The second kappa shape index (κ2) is 5.43. The Morgan fingerprint density at radius 1 is 1.42 bits per heavy atom. The molecule has 102 valence electrons. The molecule has 3 rings (SSSR count). The predicted octanol–water partition coefficient (Wildman–Crippen LogP) is 3.21. The van der Waals surface area contributed by atoms with Crippen molar-refractivity contribution in [2.45, 2.75) is 45.7 Å². The van der Waals surface area contributed by atoms with Crippen molar-refractivity contribution in [1.29, 1.82) is 0 Å². The van der Waals surface area contributed by atoms with Crippen LogP contribution < -0.4 is 0 Å². The van der Waals surface area contributed by atoms with E-state index < -0.39 is 0 Å². The second-order valence-corrected chi connectivity index (χ2v) is 6.37. The summed E-state index contributed by atoms with van der Waals surface area (Å²) in [4.78, 5) is 7.13. The van der Waals surface area contributed by atoms with Gasteiger partial charge in [0.05, 0.1) is 28.6 Å². The number of thiazole rings is 1. The molecule has 0 bridgehead atoms. The third-order valence-corrected chi connectivity index (χ3v) is 4.67. The highest BCUT2D eigenvalue weighted by molar-refractivity contribution is 7.09. The van der Waals surface area contributed by atoms with E-state index >= 15 is 0 Å². The topological polar surface area (TPSA) is 44.8 Å². The number of rotatable bonds is 3. The number of likely N-dealkylation sites (tertiary alicyclic amines) is 1. The molecule has 1 aliphatic heterocycles. The first-order chi connectivity index (χ1) is 9.24. The molecule has 0 unspecified atom stereocenters. The smallest absolute Gasteiger partial charge is 0.0897 e. The van der Waals surface area contributed by atoms with Gasteiger partial charge in [0.15, 0.2) is 0 Å². The Labute approximate surface area is 117 Å². The summed E-state index contributed by atoms with van der Waals surface area (Å²) in [7, 11) is 0. The number of hydrogen-bond acceptors (Lipinski definition) is 4. The summed E-state index contributed by atoms with van der Waals surface area (Å²) in [6, 6.07) is 0.471. The Bertz CT molecular complexity index is 545. The van der Waals surface area contributed by atoms with Gasteiger partial charge in [-0.05, 0) is 38.8 Å². The molecule has 5 heteroatoms. The van der Waals surface area contributed by atoms with Gasteiger partial charge in [0.25, 0.3) is 0 Å². The number of nitrogens with zero attached hydrogens (tertiary/aromatic N) is 3. The molecule has 0 radical (unpaired) electrons. The number of aromatic amines is 1. The number of H-pyrrole nitrogens is 1. The number of hydrogen-bond donors (Lipinski definition) is 1. The first-order valence-electron chi connectivity index (χ1n) is 6.89. The summed E-state index contributed by atoms with van der Waals surface area (Å²) in [5.74, 6) is 0. The lowest BCUT2D eigenvalue weighted by molar-refractivity contribution is 0.135. The third kappa shape index (κ3) is 2.72. The van der Waals surface area contributed by atoms with Gasteiger partial charge in [-0.3, -0.25) is 10.00 Å². The first kappa shape index (κ1) is 12.8. The molecule has 1 saturated heterocycles. The molecular formula is C14H20N4S. The molecule has 0 aromatic carbocycles. The van der Waals surface area contributed by atoms with Crippen molar-refractivity contribution in [3.8, 4) is 0 Å². The van der Waals surface area contributed by atoms with E-state index in [2.05, 4.69) is 39.3 Å². The second-order valence-electron chi connectivity index (χ2n) is 5.31. The lowest BCUT2D eigenvalue weighted by atomic mass is 9.97. The van der Waals surface area contributed by atoms with Crippen molar-refractivity contribution in [2.75, 3.05) is 6.54 Å². The van der Waals surface area contributed by atoms with Gasteiger partial charge in [-0.25, -0.2) is 4.98 Å². The summed E-state index contributed by atoms with van der Waals surface area (Å²) < 4.78 is 0. The van der Waals surface area contributed by atoms with Crippen LogP contribution in [0.4, 0.5) is 0 Å². The summed E-state index contributed by atoms with van der Waals surface area (Å²) in [6.07, 6.45) is 5.73. The number of aryl methyl sites for hydroxylation is 2. The summed E-state index contributed by atoms with van der Waals surface area (Å²) in [5.41, 5.74) is 3.75. The molecule has 0 aliphatic carbocycles. The molecule has 0 spiro atoms. The average molecular weight is 276 g/mol. The van der Waals surface area contributed by atoms with Gasteiger partial charge in [0, 0.05) is 11.9 Å². The van der Waals surface area contributed by atoms with Crippen LogP contribution in [-0.2, 0) is 6.54 Å². The van der Waals surface area contributed by atoms with Crippen molar-refractivity contribution in [1.82, 2.24) is 20.1 Å². The standard InChI is InChI=1S/C14H20N4S/c1-10-7-15-17-14(10)13-5-3-4-6-18(13)8-12-9-19-11(2)16-12/h7,9,13H,3-6,8H2,1-2H3,(H,15,17)/t13-/m1/s1. The Morgan fingerprint density at radius 2 is 2.32 bits per heavy atom. The van der Waals surface area contributed by atoms with Gasteiger partial charge in [-0.15, -0.1) is 11.3 Å². The van der Waals surface area contributed by atoms with E-state index in [9.17, 15) is 0 Å².